The summed E-state index contributed by atoms with van der Waals surface area (Å²) in [6.07, 6.45) is 4.92. The summed E-state index contributed by atoms with van der Waals surface area (Å²) in [6, 6.07) is 0.706. The summed E-state index contributed by atoms with van der Waals surface area (Å²) >= 11 is 0. The quantitative estimate of drug-likeness (QED) is 0.840. The Morgan fingerprint density at radius 2 is 2.29 bits per heavy atom. The topological polar surface area (TPSA) is 77.0 Å². The maximum atomic E-state index is 5.55. The highest BCUT2D eigenvalue weighted by molar-refractivity contribution is 5.52. The van der Waals surface area contributed by atoms with Crippen LogP contribution >= 0.6 is 0 Å². The second-order valence-corrected chi connectivity index (χ2v) is 4.28. The first-order valence-electron chi connectivity index (χ1n) is 5.80. The average molecular weight is 234 g/mol. The summed E-state index contributed by atoms with van der Waals surface area (Å²) < 4.78 is 10.5. The molecule has 90 valence electrons. The first kappa shape index (κ1) is 10.5. The minimum atomic E-state index is 0.477. The van der Waals surface area contributed by atoms with Crippen molar-refractivity contribution in [3.05, 3.63) is 17.8 Å². The van der Waals surface area contributed by atoms with Crippen LogP contribution < -0.4 is 5.32 Å². The van der Waals surface area contributed by atoms with E-state index in [1.807, 2.05) is 6.92 Å². The van der Waals surface area contributed by atoms with Crippen LogP contribution in [0.4, 0.5) is 0 Å². The van der Waals surface area contributed by atoms with Gasteiger partial charge >= 0.3 is 0 Å². The minimum Gasteiger partial charge on any atom is -0.420 e. The molecule has 0 saturated heterocycles. The lowest BCUT2D eigenvalue weighted by molar-refractivity contribution is 0.397. The van der Waals surface area contributed by atoms with E-state index >= 15 is 0 Å². The van der Waals surface area contributed by atoms with Crippen LogP contribution in [0.15, 0.2) is 15.1 Å². The predicted octanol–water partition coefficient (Wildman–Crippen LogP) is 1.33. The normalized spacial score (nSPS) is 15.4. The molecule has 1 saturated carbocycles. The van der Waals surface area contributed by atoms with Crippen LogP contribution in [0.3, 0.4) is 0 Å². The molecule has 3 rings (SSSR count). The first-order chi connectivity index (χ1) is 8.33. The number of rotatable bonds is 5. The standard InChI is InChI=1S/C11H14N4O2/c1-7-9(6-13-17-7)11-15-14-10(16-11)4-5-12-8-2-3-8/h6,8,12H,2-5H2,1H3. The third-order valence-corrected chi connectivity index (χ3v) is 2.80. The van der Waals surface area contributed by atoms with E-state index < -0.39 is 0 Å². The molecule has 1 N–H and O–H groups in total. The molecule has 2 heterocycles. The molecular formula is C11H14N4O2. The molecule has 17 heavy (non-hydrogen) atoms. The molecule has 2 aromatic heterocycles. The minimum absolute atomic E-state index is 0.477. The van der Waals surface area contributed by atoms with Gasteiger partial charge in [0.15, 0.2) is 0 Å². The van der Waals surface area contributed by atoms with E-state index in [0.29, 0.717) is 23.6 Å². The molecule has 0 spiro atoms. The average Bonchev–Trinajstić information content (AvgIpc) is 2.85. The Morgan fingerprint density at radius 1 is 1.41 bits per heavy atom. The van der Waals surface area contributed by atoms with E-state index in [9.17, 15) is 0 Å². The first-order valence-corrected chi connectivity index (χ1v) is 5.80. The molecule has 6 nitrogen and oxygen atoms in total. The smallest absolute Gasteiger partial charge is 0.252 e. The van der Waals surface area contributed by atoms with Gasteiger partial charge in [-0.1, -0.05) is 5.16 Å². The summed E-state index contributed by atoms with van der Waals surface area (Å²) in [4.78, 5) is 0. The molecule has 2 aromatic rings. The SMILES string of the molecule is Cc1oncc1-c1nnc(CCNC2CC2)o1. The van der Waals surface area contributed by atoms with Gasteiger partial charge in [0, 0.05) is 19.0 Å². The Kier molecular flexibility index (Phi) is 2.64. The second-order valence-electron chi connectivity index (χ2n) is 4.28. The summed E-state index contributed by atoms with van der Waals surface area (Å²) in [5, 5.41) is 15.1. The van der Waals surface area contributed by atoms with Crippen LogP contribution in [0.1, 0.15) is 24.5 Å². The molecule has 0 radical (unpaired) electrons. The monoisotopic (exact) mass is 234 g/mol. The highest BCUT2D eigenvalue weighted by Gasteiger charge is 2.20. The van der Waals surface area contributed by atoms with E-state index in [2.05, 4.69) is 20.7 Å². The zero-order valence-corrected chi connectivity index (χ0v) is 9.64. The highest BCUT2D eigenvalue weighted by Crippen LogP contribution is 2.21. The van der Waals surface area contributed by atoms with Crippen molar-refractivity contribution in [3.8, 4) is 11.5 Å². The van der Waals surface area contributed by atoms with Crippen molar-refractivity contribution < 1.29 is 8.94 Å². The molecule has 1 fully saturated rings. The predicted molar refractivity (Wildman–Crippen MR) is 59.3 cm³/mol. The largest absolute Gasteiger partial charge is 0.420 e. The fraction of sp³-hybridized carbons (Fsp3) is 0.545. The lowest BCUT2D eigenvalue weighted by atomic mass is 10.3. The van der Waals surface area contributed by atoms with Gasteiger partial charge in [-0.05, 0) is 19.8 Å². The fourth-order valence-corrected chi connectivity index (χ4v) is 1.64. The zero-order valence-electron chi connectivity index (χ0n) is 9.64. The molecule has 1 aliphatic carbocycles. The Labute approximate surface area is 98.4 Å². The maximum Gasteiger partial charge on any atom is 0.252 e. The van der Waals surface area contributed by atoms with Crippen molar-refractivity contribution in [2.75, 3.05) is 6.54 Å². The van der Waals surface area contributed by atoms with Crippen LogP contribution in [0, 0.1) is 6.92 Å². The van der Waals surface area contributed by atoms with Gasteiger partial charge in [-0.2, -0.15) is 0 Å². The van der Waals surface area contributed by atoms with Gasteiger partial charge in [-0.15, -0.1) is 10.2 Å². The lowest BCUT2D eigenvalue weighted by Crippen LogP contribution is -2.19. The van der Waals surface area contributed by atoms with Crippen LogP contribution in [0.2, 0.25) is 0 Å². The zero-order chi connectivity index (χ0) is 11.7. The number of nitrogens with zero attached hydrogens (tertiary/aromatic N) is 3. The Balaban J connectivity index is 1.63. The Hall–Kier alpha value is -1.69. The van der Waals surface area contributed by atoms with Crippen molar-refractivity contribution in [1.82, 2.24) is 20.7 Å². The van der Waals surface area contributed by atoms with E-state index in [4.69, 9.17) is 8.94 Å². The number of nitrogens with one attached hydrogen (secondary N) is 1. The third kappa shape index (κ3) is 2.36. The van der Waals surface area contributed by atoms with E-state index in [0.717, 1.165) is 18.5 Å². The molecule has 0 atom stereocenters. The molecule has 1 aliphatic rings. The summed E-state index contributed by atoms with van der Waals surface area (Å²) in [7, 11) is 0. The van der Waals surface area contributed by atoms with Crippen molar-refractivity contribution in [2.45, 2.75) is 32.2 Å². The Bertz CT molecular complexity index is 501. The van der Waals surface area contributed by atoms with Crippen LogP contribution in [-0.4, -0.2) is 27.9 Å². The van der Waals surface area contributed by atoms with E-state index in [1.54, 1.807) is 6.20 Å². The molecule has 0 aromatic carbocycles. The number of aryl methyl sites for hydroxylation is 1. The van der Waals surface area contributed by atoms with Crippen molar-refractivity contribution in [2.24, 2.45) is 0 Å². The third-order valence-electron chi connectivity index (χ3n) is 2.80. The number of aromatic nitrogens is 3. The molecule has 0 aliphatic heterocycles. The van der Waals surface area contributed by atoms with Gasteiger partial charge in [0.1, 0.15) is 11.3 Å². The van der Waals surface area contributed by atoms with Crippen LogP contribution in [0.25, 0.3) is 11.5 Å². The number of hydrogen-bond donors (Lipinski definition) is 1. The van der Waals surface area contributed by atoms with Crippen LogP contribution in [0.5, 0.6) is 0 Å². The van der Waals surface area contributed by atoms with Gasteiger partial charge in [0.2, 0.25) is 5.89 Å². The Morgan fingerprint density at radius 3 is 3.00 bits per heavy atom. The van der Waals surface area contributed by atoms with Gasteiger partial charge in [-0.3, -0.25) is 0 Å². The van der Waals surface area contributed by atoms with E-state index in [1.165, 1.54) is 12.8 Å². The van der Waals surface area contributed by atoms with Gasteiger partial charge in [0.05, 0.1) is 6.20 Å². The van der Waals surface area contributed by atoms with Crippen molar-refractivity contribution >= 4 is 0 Å². The molecule has 0 amide bonds. The maximum absolute atomic E-state index is 5.55. The molecule has 0 bridgehead atoms. The van der Waals surface area contributed by atoms with Gasteiger partial charge < -0.3 is 14.3 Å². The van der Waals surface area contributed by atoms with Crippen molar-refractivity contribution in [1.29, 1.82) is 0 Å². The lowest BCUT2D eigenvalue weighted by Gasteiger charge is -1.97. The summed E-state index contributed by atoms with van der Waals surface area (Å²) in [5.74, 6) is 1.82. The van der Waals surface area contributed by atoms with Crippen LogP contribution in [-0.2, 0) is 6.42 Å². The second kappa shape index (κ2) is 4.29. The fourth-order valence-electron chi connectivity index (χ4n) is 1.64. The van der Waals surface area contributed by atoms with E-state index in [-0.39, 0.29) is 0 Å². The molecule has 6 heteroatoms. The van der Waals surface area contributed by atoms with Gasteiger partial charge in [-0.25, -0.2) is 0 Å². The van der Waals surface area contributed by atoms with Crippen molar-refractivity contribution in [3.63, 3.8) is 0 Å². The summed E-state index contributed by atoms with van der Waals surface area (Å²) in [5.41, 5.74) is 0.763. The highest BCUT2D eigenvalue weighted by atomic mass is 16.5. The number of hydrogen-bond acceptors (Lipinski definition) is 6. The van der Waals surface area contributed by atoms with Gasteiger partial charge in [0.25, 0.3) is 5.89 Å². The molecular weight excluding hydrogens is 220 g/mol. The summed E-state index contributed by atoms with van der Waals surface area (Å²) in [6.45, 7) is 2.70. The molecule has 0 unspecified atom stereocenters.